The number of aryl methyl sites for hydroxylation is 1. The highest BCUT2D eigenvalue weighted by molar-refractivity contribution is 5.79. The van der Waals surface area contributed by atoms with E-state index in [2.05, 4.69) is 0 Å². The SMILES string of the molecule is CN1c2cc(F)ccc2CCC1C(=O)O. The minimum absolute atomic E-state index is 0.327. The number of carbonyl (C=O) groups is 1. The first kappa shape index (κ1) is 9.96. The van der Waals surface area contributed by atoms with E-state index in [1.807, 2.05) is 0 Å². The fourth-order valence-electron chi connectivity index (χ4n) is 2.02. The number of fused-ring (bicyclic) bond motifs is 1. The molecule has 3 nitrogen and oxygen atoms in total. The molecule has 1 aromatic carbocycles. The fourth-order valence-corrected chi connectivity index (χ4v) is 2.02. The molecule has 0 fully saturated rings. The van der Waals surface area contributed by atoms with Gasteiger partial charge >= 0.3 is 5.97 Å². The molecule has 2 rings (SSSR count). The first-order valence-corrected chi connectivity index (χ1v) is 4.83. The molecular formula is C11H12FNO2. The van der Waals surface area contributed by atoms with Crippen molar-refractivity contribution in [2.45, 2.75) is 18.9 Å². The minimum Gasteiger partial charge on any atom is -0.480 e. The van der Waals surface area contributed by atoms with E-state index < -0.39 is 12.0 Å². The maximum absolute atomic E-state index is 13.0. The molecule has 0 spiro atoms. The van der Waals surface area contributed by atoms with E-state index in [9.17, 15) is 9.18 Å². The van der Waals surface area contributed by atoms with Crippen molar-refractivity contribution in [1.82, 2.24) is 0 Å². The van der Waals surface area contributed by atoms with Gasteiger partial charge in [0.1, 0.15) is 11.9 Å². The van der Waals surface area contributed by atoms with Gasteiger partial charge < -0.3 is 10.0 Å². The van der Waals surface area contributed by atoms with E-state index in [0.717, 1.165) is 5.56 Å². The predicted molar refractivity (Wildman–Crippen MR) is 54.5 cm³/mol. The van der Waals surface area contributed by atoms with Gasteiger partial charge in [-0.3, -0.25) is 0 Å². The number of hydrogen-bond acceptors (Lipinski definition) is 2. The summed E-state index contributed by atoms with van der Waals surface area (Å²) < 4.78 is 13.0. The highest BCUT2D eigenvalue weighted by atomic mass is 19.1. The summed E-state index contributed by atoms with van der Waals surface area (Å²) in [6.45, 7) is 0. The van der Waals surface area contributed by atoms with Crippen LogP contribution in [0.1, 0.15) is 12.0 Å². The van der Waals surface area contributed by atoms with Crippen molar-refractivity contribution in [3.8, 4) is 0 Å². The summed E-state index contributed by atoms with van der Waals surface area (Å²) in [7, 11) is 1.69. The maximum atomic E-state index is 13.0. The number of aliphatic carboxylic acids is 1. The van der Waals surface area contributed by atoms with Crippen molar-refractivity contribution in [3.63, 3.8) is 0 Å². The molecule has 0 saturated carbocycles. The van der Waals surface area contributed by atoms with Crippen LogP contribution in [-0.4, -0.2) is 24.2 Å². The number of likely N-dealkylation sites (N-methyl/N-ethyl adjacent to an activating group) is 1. The maximum Gasteiger partial charge on any atom is 0.326 e. The summed E-state index contributed by atoms with van der Waals surface area (Å²) in [6, 6.07) is 3.98. The Hall–Kier alpha value is -1.58. The molecule has 1 N–H and O–H groups in total. The lowest BCUT2D eigenvalue weighted by Crippen LogP contribution is -2.42. The fraction of sp³-hybridized carbons (Fsp3) is 0.364. The Bertz CT molecular complexity index is 406. The van der Waals surface area contributed by atoms with Gasteiger partial charge in [-0.05, 0) is 30.5 Å². The zero-order valence-corrected chi connectivity index (χ0v) is 8.40. The third-order valence-electron chi connectivity index (χ3n) is 2.87. The topological polar surface area (TPSA) is 40.5 Å². The number of rotatable bonds is 1. The predicted octanol–water partition coefficient (Wildman–Crippen LogP) is 1.66. The number of anilines is 1. The van der Waals surface area contributed by atoms with E-state index in [-0.39, 0.29) is 5.82 Å². The van der Waals surface area contributed by atoms with E-state index in [0.29, 0.717) is 18.5 Å². The van der Waals surface area contributed by atoms with Gasteiger partial charge in [-0.2, -0.15) is 0 Å². The Kier molecular flexibility index (Phi) is 2.34. The van der Waals surface area contributed by atoms with Gasteiger partial charge in [0, 0.05) is 12.7 Å². The highest BCUT2D eigenvalue weighted by Crippen LogP contribution is 2.30. The van der Waals surface area contributed by atoms with Crippen LogP contribution >= 0.6 is 0 Å². The van der Waals surface area contributed by atoms with E-state index in [1.165, 1.54) is 12.1 Å². The van der Waals surface area contributed by atoms with Crippen molar-refractivity contribution in [2.24, 2.45) is 0 Å². The van der Waals surface area contributed by atoms with Crippen LogP contribution in [0.3, 0.4) is 0 Å². The second-order valence-corrected chi connectivity index (χ2v) is 3.78. The third-order valence-corrected chi connectivity index (χ3v) is 2.87. The molecule has 0 saturated heterocycles. The Labute approximate surface area is 87.1 Å². The van der Waals surface area contributed by atoms with Crippen molar-refractivity contribution >= 4 is 11.7 Å². The molecule has 0 aromatic heterocycles. The largest absolute Gasteiger partial charge is 0.480 e. The van der Waals surface area contributed by atoms with Gasteiger partial charge in [0.2, 0.25) is 0 Å². The lowest BCUT2D eigenvalue weighted by Gasteiger charge is -2.33. The summed E-state index contributed by atoms with van der Waals surface area (Å²) in [5, 5.41) is 8.97. The molecular weight excluding hydrogens is 197 g/mol. The molecule has 1 unspecified atom stereocenters. The van der Waals surface area contributed by atoms with Crippen molar-refractivity contribution in [2.75, 3.05) is 11.9 Å². The number of nitrogens with zero attached hydrogens (tertiary/aromatic N) is 1. The standard InChI is InChI=1S/C11H12FNO2/c1-13-9(11(14)15)5-3-7-2-4-8(12)6-10(7)13/h2,4,6,9H,3,5H2,1H3,(H,14,15). The molecule has 1 aromatic rings. The molecule has 15 heavy (non-hydrogen) atoms. The van der Waals surface area contributed by atoms with E-state index in [4.69, 9.17) is 5.11 Å². The normalized spacial score (nSPS) is 19.9. The minimum atomic E-state index is -0.854. The monoisotopic (exact) mass is 209 g/mol. The van der Waals surface area contributed by atoms with Crippen LogP contribution in [0.15, 0.2) is 18.2 Å². The zero-order valence-electron chi connectivity index (χ0n) is 8.40. The Balaban J connectivity index is 2.40. The number of benzene rings is 1. The van der Waals surface area contributed by atoms with Crippen LogP contribution in [0.25, 0.3) is 0 Å². The van der Waals surface area contributed by atoms with Crippen molar-refractivity contribution in [3.05, 3.63) is 29.6 Å². The van der Waals surface area contributed by atoms with Gasteiger partial charge in [-0.25, -0.2) is 9.18 Å². The van der Waals surface area contributed by atoms with Gasteiger partial charge in [-0.1, -0.05) is 6.07 Å². The van der Waals surface area contributed by atoms with Gasteiger partial charge in [0.25, 0.3) is 0 Å². The second-order valence-electron chi connectivity index (χ2n) is 3.78. The zero-order chi connectivity index (χ0) is 11.0. The average molecular weight is 209 g/mol. The Morgan fingerprint density at radius 1 is 1.60 bits per heavy atom. The first-order chi connectivity index (χ1) is 7.09. The quantitative estimate of drug-likeness (QED) is 0.764. The molecule has 0 amide bonds. The molecule has 4 heteroatoms. The summed E-state index contributed by atoms with van der Waals surface area (Å²) in [6.07, 6.45) is 1.27. The van der Waals surface area contributed by atoms with Crippen LogP contribution < -0.4 is 4.90 Å². The molecule has 0 radical (unpaired) electrons. The number of carboxylic acids is 1. The molecule has 0 bridgehead atoms. The van der Waals surface area contributed by atoms with E-state index >= 15 is 0 Å². The Morgan fingerprint density at radius 3 is 3.00 bits per heavy atom. The molecule has 1 heterocycles. The molecule has 1 aliphatic heterocycles. The van der Waals surface area contributed by atoms with Gasteiger partial charge in [-0.15, -0.1) is 0 Å². The molecule has 1 atom stereocenters. The van der Waals surface area contributed by atoms with Gasteiger partial charge in [0.15, 0.2) is 0 Å². The number of hydrogen-bond donors (Lipinski definition) is 1. The molecule has 80 valence electrons. The van der Waals surface area contributed by atoms with Crippen LogP contribution in [0.4, 0.5) is 10.1 Å². The molecule has 0 aliphatic carbocycles. The third kappa shape index (κ3) is 1.67. The highest BCUT2D eigenvalue weighted by Gasteiger charge is 2.28. The lowest BCUT2D eigenvalue weighted by atomic mass is 9.96. The first-order valence-electron chi connectivity index (χ1n) is 4.83. The second kappa shape index (κ2) is 3.53. The van der Waals surface area contributed by atoms with E-state index in [1.54, 1.807) is 18.0 Å². The van der Waals surface area contributed by atoms with Crippen LogP contribution in [0.5, 0.6) is 0 Å². The van der Waals surface area contributed by atoms with Crippen molar-refractivity contribution in [1.29, 1.82) is 0 Å². The molecule has 1 aliphatic rings. The summed E-state index contributed by atoms with van der Waals surface area (Å²) in [5.74, 6) is -1.18. The Morgan fingerprint density at radius 2 is 2.33 bits per heavy atom. The van der Waals surface area contributed by atoms with Crippen LogP contribution in [-0.2, 0) is 11.2 Å². The van der Waals surface area contributed by atoms with Crippen molar-refractivity contribution < 1.29 is 14.3 Å². The lowest BCUT2D eigenvalue weighted by molar-refractivity contribution is -0.138. The smallest absolute Gasteiger partial charge is 0.326 e. The summed E-state index contributed by atoms with van der Waals surface area (Å²) in [5.41, 5.74) is 1.70. The summed E-state index contributed by atoms with van der Waals surface area (Å²) in [4.78, 5) is 12.6. The van der Waals surface area contributed by atoms with Gasteiger partial charge in [0.05, 0.1) is 0 Å². The number of carboxylic acid groups (broad SMARTS) is 1. The van der Waals surface area contributed by atoms with Crippen LogP contribution in [0, 0.1) is 5.82 Å². The van der Waals surface area contributed by atoms with Crippen LogP contribution in [0.2, 0.25) is 0 Å². The average Bonchev–Trinajstić information content (AvgIpc) is 2.19. The number of halogens is 1. The summed E-state index contributed by atoms with van der Waals surface area (Å²) >= 11 is 0.